The molecule has 0 saturated heterocycles. The Hall–Kier alpha value is -2.39. The third-order valence-corrected chi connectivity index (χ3v) is 6.48. The first-order chi connectivity index (χ1) is 13.6. The van der Waals surface area contributed by atoms with Crippen LogP contribution in [-0.2, 0) is 30.9 Å². The van der Waals surface area contributed by atoms with E-state index < -0.39 is 31.3 Å². The number of ether oxygens (including phenoxy) is 1. The molecule has 0 heterocycles. The summed E-state index contributed by atoms with van der Waals surface area (Å²) >= 11 is 0. The first-order valence-electron chi connectivity index (χ1n) is 9.08. The molecule has 1 amide bonds. The lowest BCUT2D eigenvalue weighted by Gasteiger charge is -2.09. The summed E-state index contributed by atoms with van der Waals surface area (Å²) in [6.45, 7) is -0.00791. The zero-order chi connectivity index (χ0) is 21.3. The molecule has 0 saturated carbocycles. The Bertz CT molecular complexity index is 1020. The fourth-order valence-electron chi connectivity index (χ4n) is 2.58. The maximum atomic E-state index is 12.2. The minimum absolute atomic E-state index is 0.00791. The summed E-state index contributed by atoms with van der Waals surface area (Å²) in [7, 11) is -6.65. The van der Waals surface area contributed by atoms with Crippen molar-refractivity contribution in [1.82, 2.24) is 0 Å². The maximum Gasteiger partial charge on any atom is 0.239 e. The molecule has 0 radical (unpaired) electrons. The predicted octanol–water partition coefficient (Wildman–Crippen LogP) is 2.10. The molecule has 158 valence electrons. The molecular formula is C20H25NO6S2. The summed E-state index contributed by atoms with van der Waals surface area (Å²) in [4.78, 5) is 12.1. The van der Waals surface area contributed by atoms with Crippen molar-refractivity contribution in [3.05, 3.63) is 60.2 Å². The van der Waals surface area contributed by atoms with E-state index in [-0.39, 0.29) is 18.1 Å². The van der Waals surface area contributed by atoms with Gasteiger partial charge in [0.2, 0.25) is 5.91 Å². The van der Waals surface area contributed by atoms with E-state index in [1.807, 2.05) is 30.3 Å². The highest BCUT2D eigenvalue weighted by molar-refractivity contribution is 7.92. The molecule has 2 rings (SSSR count). The maximum absolute atomic E-state index is 12.2. The standard InChI is InChI=1S/C20H25NO6S2/c1-28(23,24)14-12-27-19-11-5-10-18(15-19)21-20(22)16-29(25,26)13-6-9-17-7-3-2-4-8-17/h2-5,7-8,10-11,15H,6,9,12-14,16H2,1H3,(H,21,22). The quantitative estimate of drug-likeness (QED) is 0.575. The zero-order valence-electron chi connectivity index (χ0n) is 16.2. The molecular weight excluding hydrogens is 414 g/mol. The lowest BCUT2D eigenvalue weighted by Crippen LogP contribution is -2.25. The van der Waals surface area contributed by atoms with E-state index in [2.05, 4.69) is 5.32 Å². The monoisotopic (exact) mass is 439 g/mol. The molecule has 0 spiro atoms. The molecule has 7 nitrogen and oxygen atoms in total. The average Bonchev–Trinajstić information content (AvgIpc) is 2.61. The Morgan fingerprint density at radius 1 is 0.966 bits per heavy atom. The summed E-state index contributed by atoms with van der Waals surface area (Å²) in [5.41, 5.74) is 1.44. The molecule has 0 aliphatic rings. The second-order valence-electron chi connectivity index (χ2n) is 6.74. The van der Waals surface area contributed by atoms with E-state index in [9.17, 15) is 21.6 Å². The van der Waals surface area contributed by atoms with Crippen molar-refractivity contribution in [3.8, 4) is 5.75 Å². The Morgan fingerprint density at radius 3 is 2.38 bits per heavy atom. The third-order valence-electron chi connectivity index (χ3n) is 3.96. The molecule has 2 aromatic rings. The summed E-state index contributed by atoms with van der Waals surface area (Å²) in [5, 5.41) is 2.54. The van der Waals surface area contributed by atoms with Gasteiger partial charge in [-0.15, -0.1) is 0 Å². The number of nitrogens with one attached hydrogen (secondary N) is 1. The Labute approximate surface area is 171 Å². The molecule has 0 atom stereocenters. The number of carbonyl (C=O) groups is 1. The highest BCUT2D eigenvalue weighted by Crippen LogP contribution is 2.17. The van der Waals surface area contributed by atoms with Crippen LogP contribution in [0.25, 0.3) is 0 Å². The largest absolute Gasteiger partial charge is 0.492 e. The molecule has 1 N–H and O–H groups in total. The van der Waals surface area contributed by atoms with Crippen molar-refractivity contribution in [1.29, 1.82) is 0 Å². The zero-order valence-corrected chi connectivity index (χ0v) is 17.8. The highest BCUT2D eigenvalue weighted by atomic mass is 32.2. The fraction of sp³-hybridized carbons (Fsp3) is 0.350. The van der Waals surface area contributed by atoms with Crippen LogP contribution < -0.4 is 10.1 Å². The van der Waals surface area contributed by atoms with E-state index in [4.69, 9.17) is 4.74 Å². The number of carbonyl (C=O) groups excluding carboxylic acids is 1. The van der Waals surface area contributed by atoms with Gasteiger partial charge in [-0.25, -0.2) is 16.8 Å². The third kappa shape index (κ3) is 9.58. The van der Waals surface area contributed by atoms with E-state index >= 15 is 0 Å². The first-order valence-corrected chi connectivity index (χ1v) is 13.0. The number of hydrogen-bond donors (Lipinski definition) is 1. The Morgan fingerprint density at radius 2 is 1.69 bits per heavy atom. The molecule has 0 unspecified atom stereocenters. The van der Waals surface area contributed by atoms with Crippen LogP contribution >= 0.6 is 0 Å². The number of rotatable bonds is 11. The van der Waals surface area contributed by atoms with Gasteiger partial charge in [-0.2, -0.15) is 0 Å². The van der Waals surface area contributed by atoms with Crippen molar-refractivity contribution < 1.29 is 26.4 Å². The molecule has 0 aliphatic heterocycles. The second kappa shape index (κ2) is 10.4. The van der Waals surface area contributed by atoms with Gasteiger partial charge in [-0.05, 0) is 30.5 Å². The number of amides is 1. The van der Waals surface area contributed by atoms with Crippen LogP contribution in [0.15, 0.2) is 54.6 Å². The Kier molecular flexibility index (Phi) is 8.21. The van der Waals surface area contributed by atoms with Gasteiger partial charge in [0.05, 0.1) is 11.5 Å². The van der Waals surface area contributed by atoms with Crippen molar-refractivity contribution in [2.24, 2.45) is 0 Å². The van der Waals surface area contributed by atoms with Gasteiger partial charge >= 0.3 is 0 Å². The minimum Gasteiger partial charge on any atom is -0.492 e. The number of anilines is 1. The number of benzene rings is 2. The summed E-state index contributed by atoms with van der Waals surface area (Å²) in [6, 6.07) is 15.9. The van der Waals surface area contributed by atoms with Crippen molar-refractivity contribution in [3.63, 3.8) is 0 Å². The number of sulfone groups is 2. The number of hydrogen-bond acceptors (Lipinski definition) is 6. The van der Waals surface area contributed by atoms with E-state index in [0.717, 1.165) is 11.8 Å². The molecule has 0 bridgehead atoms. The summed E-state index contributed by atoms with van der Waals surface area (Å²) in [5.74, 6) is -1.02. The normalized spacial score (nSPS) is 11.8. The second-order valence-corrected chi connectivity index (χ2v) is 11.2. The van der Waals surface area contributed by atoms with Gasteiger partial charge < -0.3 is 10.1 Å². The van der Waals surface area contributed by atoms with Gasteiger partial charge in [0, 0.05) is 18.0 Å². The molecule has 29 heavy (non-hydrogen) atoms. The van der Waals surface area contributed by atoms with Crippen LogP contribution in [0.4, 0.5) is 5.69 Å². The minimum atomic E-state index is -3.52. The van der Waals surface area contributed by atoms with Gasteiger partial charge in [-0.3, -0.25) is 4.79 Å². The summed E-state index contributed by atoms with van der Waals surface area (Å²) in [6.07, 6.45) is 2.20. The van der Waals surface area contributed by atoms with Gasteiger partial charge in [0.15, 0.2) is 19.7 Å². The summed E-state index contributed by atoms with van der Waals surface area (Å²) < 4.78 is 52.0. The van der Waals surface area contributed by atoms with E-state index in [1.54, 1.807) is 18.2 Å². The Balaban J connectivity index is 1.82. The SMILES string of the molecule is CS(=O)(=O)CCOc1cccc(NC(=O)CS(=O)(=O)CCCc2ccccc2)c1. The lowest BCUT2D eigenvalue weighted by atomic mass is 10.1. The van der Waals surface area contributed by atoms with Crippen molar-refractivity contribution in [2.45, 2.75) is 12.8 Å². The topological polar surface area (TPSA) is 107 Å². The van der Waals surface area contributed by atoms with Gasteiger partial charge in [0.1, 0.15) is 18.1 Å². The van der Waals surface area contributed by atoms with Gasteiger partial charge in [-0.1, -0.05) is 36.4 Å². The van der Waals surface area contributed by atoms with Crippen molar-refractivity contribution in [2.75, 3.05) is 35.4 Å². The van der Waals surface area contributed by atoms with E-state index in [0.29, 0.717) is 24.3 Å². The molecule has 9 heteroatoms. The van der Waals surface area contributed by atoms with Crippen LogP contribution in [0.5, 0.6) is 5.75 Å². The first kappa shape index (κ1) is 22.9. The van der Waals surface area contributed by atoms with Gasteiger partial charge in [0.25, 0.3) is 0 Å². The predicted molar refractivity (Wildman–Crippen MR) is 114 cm³/mol. The average molecular weight is 440 g/mol. The molecule has 0 fully saturated rings. The molecule has 2 aromatic carbocycles. The lowest BCUT2D eigenvalue weighted by molar-refractivity contribution is -0.113. The van der Waals surface area contributed by atoms with E-state index in [1.165, 1.54) is 6.07 Å². The number of aryl methyl sites for hydroxylation is 1. The fourth-order valence-corrected chi connectivity index (χ4v) is 4.17. The van der Waals surface area contributed by atoms with Crippen LogP contribution in [0.1, 0.15) is 12.0 Å². The van der Waals surface area contributed by atoms with Crippen LogP contribution in [0.2, 0.25) is 0 Å². The molecule has 0 aliphatic carbocycles. The molecule has 0 aromatic heterocycles. The smallest absolute Gasteiger partial charge is 0.239 e. The highest BCUT2D eigenvalue weighted by Gasteiger charge is 2.17. The van der Waals surface area contributed by atoms with Crippen LogP contribution in [0.3, 0.4) is 0 Å². The van der Waals surface area contributed by atoms with Crippen molar-refractivity contribution >= 4 is 31.3 Å². The van der Waals surface area contributed by atoms with Crippen LogP contribution in [-0.4, -0.2) is 52.9 Å². The van der Waals surface area contributed by atoms with Crippen LogP contribution in [0, 0.1) is 0 Å².